The van der Waals surface area contributed by atoms with Crippen molar-refractivity contribution in [2.24, 2.45) is 0 Å². The number of hydrogen-bond donors (Lipinski definition) is 2. The van der Waals surface area contributed by atoms with Crippen LogP contribution in [0.3, 0.4) is 0 Å². The molecule has 3 rings (SSSR count). The molecule has 0 aliphatic carbocycles. The lowest BCUT2D eigenvalue weighted by Crippen LogP contribution is -2.10. The Morgan fingerprint density at radius 2 is 1.69 bits per heavy atom. The van der Waals surface area contributed by atoms with Gasteiger partial charge in [0.05, 0.1) is 14.2 Å². The highest BCUT2D eigenvalue weighted by atomic mass is 16.5. The second-order valence-electron chi connectivity index (χ2n) is 6.96. The molecule has 152 valence electrons. The lowest BCUT2D eigenvalue weighted by molar-refractivity contribution is 0.354. The van der Waals surface area contributed by atoms with Crippen LogP contribution in [0.15, 0.2) is 42.5 Å². The van der Waals surface area contributed by atoms with E-state index in [0.717, 1.165) is 40.7 Å². The van der Waals surface area contributed by atoms with E-state index >= 15 is 0 Å². The third-order valence-electron chi connectivity index (χ3n) is 4.87. The summed E-state index contributed by atoms with van der Waals surface area (Å²) in [5.41, 5.74) is 5.57. The third-order valence-corrected chi connectivity index (χ3v) is 4.87. The fourth-order valence-corrected chi connectivity index (χ4v) is 3.09. The van der Waals surface area contributed by atoms with Gasteiger partial charge in [-0.3, -0.25) is 0 Å². The first kappa shape index (κ1) is 20.5. The van der Waals surface area contributed by atoms with Gasteiger partial charge in [-0.1, -0.05) is 18.2 Å². The van der Waals surface area contributed by atoms with E-state index in [1.807, 2.05) is 37.3 Å². The average Bonchev–Trinajstić information content (AvgIpc) is 2.71. The van der Waals surface area contributed by atoms with Gasteiger partial charge >= 0.3 is 0 Å². The molecule has 2 N–H and O–H groups in total. The maximum absolute atomic E-state index is 5.37. The van der Waals surface area contributed by atoms with Crippen molar-refractivity contribution in [3.8, 4) is 11.5 Å². The van der Waals surface area contributed by atoms with Crippen LogP contribution in [0.5, 0.6) is 11.5 Å². The molecule has 0 saturated heterocycles. The van der Waals surface area contributed by atoms with E-state index < -0.39 is 0 Å². The molecule has 0 bridgehead atoms. The zero-order valence-electron chi connectivity index (χ0n) is 17.7. The van der Waals surface area contributed by atoms with Crippen molar-refractivity contribution in [3.05, 3.63) is 64.8 Å². The number of nitrogens with one attached hydrogen (secondary N) is 2. The highest BCUT2D eigenvalue weighted by Gasteiger charge is 2.07. The molecule has 0 amide bonds. The normalized spacial score (nSPS) is 10.5. The summed E-state index contributed by atoms with van der Waals surface area (Å²) >= 11 is 0. The maximum Gasteiger partial charge on any atom is 0.224 e. The smallest absolute Gasteiger partial charge is 0.224 e. The summed E-state index contributed by atoms with van der Waals surface area (Å²) < 4.78 is 10.7. The number of methoxy groups -OCH3 is 2. The second kappa shape index (κ2) is 9.28. The maximum atomic E-state index is 5.37. The van der Waals surface area contributed by atoms with Crippen LogP contribution in [0.1, 0.15) is 22.4 Å². The van der Waals surface area contributed by atoms with Crippen molar-refractivity contribution in [2.75, 3.05) is 31.4 Å². The van der Waals surface area contributed by atoms with Crippen LogP contribution < -0.4 is 20.1 Å². The molecule has 0 radical (unpaired) electrons. The molecule has 0 atom stereocenters. The van der Waals surface area contributed by atoms with Gasteiger partial charge in [-0.05, 0) is 62.1 Å². The van der Waals surface area contributed by atoms with Gasteiger partial charge in [0.15, 0.2) is 11.5 Å². The Morgan fingerprint density at radius 1 is 0.897 bits per heavy atom. The van der Waals surface area contributed by atoms with Crippen molar-refractivity contribution < 1.29 is 9.47 Å². The number of aromatic nitrogens is 2. The zero-order chi connectivity index (χ0) is 20.8. The van der Waals surface area contributed by atoms with Crippen LogP contribution in [-0.2, 0) is 6.42 Å². The number of aryl methyl sites for hydroxylation is 2. The largest absolute Gasteiger partial charge is 0.493 e. The number of anilines is 3. The number of rotatable bonds is 8. The highest BCUT2D eigenvalue weighted by Crippen LogP contribution is 2.27. The average molecular weight is 393 g/mol. The summed E-state index contributed by atoms with van der Waals surface area (Å²) in [6.07, 6.45) is 0.817. The molecule has 1 heterocycles. The first-order chi connectivity index (χ1) is 14.0. The van der Waals surface area contributed by atoms with E-state index in [-0.39, 0.29) is 0 Å². The fraction of sp³-hybridized carbons (Fsp3) is 0.304. The van der Waals surface area contributed by atoms with Gasteiger partial charge in [0, 0.05) is 24.0 Å². The van der Waals surface area contributed by atoms with Crippen molar-refractivity contribution in [1.29, 1.82) is 0 Å². The van der Waals surface area contributed by atoms with E-state index in [1.54, 1.807) is 14.2 Å². The van der Waals surface area contributed by atoms with Gasteiger partial charge in [-0.2, -0.15) is 4.98 Å². The van der Waals surface area contributed by atoms with Crippen LogP contribution in [0.4, 0.5) is 17.5 Å². The van der Waals surface area contributed by atoms with Gasteiger partial charge < -0.3 is 20.1 Å². The number of nitrogens with zero attached hydrogens (tertiary/aromatic N) is 2. The van der Waals surface area contributed by atoms with Crippen molar-refractivity contribution in [2.45, 2.75) is 27.2 Å². The first-order valence-corrected chi connectivity index (χ1v) is 9.64. The van der Waals surface area contributed by atoms with E-state index in [4.69, 9.17) is 9.47 Å². The van der Waals surface area contributed by atoms with Crippen molar-refractivity contribution >= 4 is 17.5 Å². The predicted octanol–water partition coefficient (Wildman–Crippen LogP) is 4.82. The molecule has 6 heteroatoms. The minimum absolute atomic E-state index is 0.610. The van der Waals surface area contributed by atoms with Crippen LogP contribution >= 0.6 is 0 Å². The molecular weight excluding hydrogens is 364 g/mol. The third kappa shape index (κ3) is 5.16. The lowest BCUT2D eigenvalue weighted by atomic mass is 10.1. The Morgan fingerprint density at radius 3 is 2.45 bits per heavy atom. The van der Waals surface area contributed by atoms with Crippen LogP contribution in [0.2, 0.25) is 0 Å². The fourth-order valence-electron chi connectivity index (χ4n) is 3.09. The number of benzene rings is 2. The van der Waals surface area contributed by atoms with Gasteiger partial charge in [0.25, 0.3) is 0 Å². The Hall–Kier alpha value is -3.28. The summed E-state index contributed by atoms with van der Waals surface area (Å²) in [6, 6.07) is 14.1. The van der Waals surface area contributed by atoms with E-state index in [1.165, 1.54) is 11.1 Å². The molecule has 29 heavy (non-hydrogen) atoms. The summed E-state index contributed by atoms with van der Waals surface area (Å²) in [6.45, 7) is 6.89. The number of hydrogen-bond acceptors (Lipinski definition) is 6. The molecule has 0 unspecified atom stereocenters. The molecular formula is C23H28N4O2. The summed E-state index contributed by atoms with van der Waals surface area (Å²) in [4.78, 5) is 9.11. The van der Waals surface area contributed by atoms with E-state index in [9.17, 15) is 0 Å². The molecule has 0 aliphatic rings. The molecule has 0 fully saturated rings. The van der Waals surface area contributed by atoms with E-state index in [0.29, 0.717) is 12.5 Å². The van der Waals surface area contributed by atoms with Crippen LogP contribution in [0.25, 0.3) is 0 Å². The van der Waals surface area contributed by atoms with E-state index in [2.05, 4.69) is 46.6 Å². The van der Waals surface area contributed by atoms with Gasteiger partial charge in [-0.15, -0.1) is 0 Å². The number of ether oxygens (including phenoxy) is 2. The molecule has 2 aromatic carbocycles. The first-order valence-electron chi connectivity index (χ1n) is 9.64. The quantitative estimate of drug-likeness (QED) is 0.573. The molecule has 6 nitrogen and oxygen atoms in total. The minimum atomic E-state index is 0.610. The SMILES string of the molecule is COc1ccc(CCNc2nc(C)cc(Nc3cccc(C)c3C)n2)cc1OC. The second-order valence-corrected chi connectivity index (χ2v) is 6.96. The Balaban J connectivity index is 1.67. The van der Waals surface area contributed by atoms with Gasteiger partial charge in [0.2, 0.25) is 5.95 Å². The molecule has 0 saturated carbocycles. The van der Waals surface area contributed by atoms with Gasteiger partial charge in [-0.25, -0.2) is 4.98 Å². The Labute approximate surface area is 172 Å². The molecule has 0 aliphatic heterocycles. The monoisotopic (exact) mass is 392 g/mol. The Bertz CT molecular complexity index is 989. The summed E-state index contributed by atoms with van der Waals surface area (Å²) in [7, 11) is 3.28. The summed E-state index contributed by atoms with van der Waals surface area (Å²) in [5, 5.41) is 6.73. The Kier molecular flexibility index (Phi) is 6.54. The predicted molar refractivity (Wildman–Crippen MR) is 118 cm³/mol. The minimum Gasteiger partial charge on any atom is -0.493 e. The highest BCUT2D eigenvalue weighted by molar-refractivity contribution is 5.62. The molecule has 1 aromatic heterocycles. The standard InChI is InChI=1S/C23H28N4O2/c1-15-7-6-8-19(17(15)3)26-22-13-16(2)25-23(27-22)24-12-11-18-9-10-20(28-4)21(14-18)29-5/h6-10,13-14H,11-12H2,1-5H3,(H2,24,25,26,27). The summed E-state index contributed by atoms with van der Waals surface area (Å²) in [5.74, 6) is 2.85. The van der Waals surface area contributed by atoms with Crippen LogP contribution in [0, 0.1) is 20.8 Å². The van der Waals surface area contributed by atoms with Crippen LogP contribution in [-0.4, -0.2) is 30.7 Å². The molecule has 0 spiro atoms. The lowest BCUT2D eigenvalue weighted by Gasteiger charge is -2.13. The zero-order valence-corrected chi connectivity index (χ0v) is 17.7. The van der Waals surface area contributed by atoms with Gasteiger partial charge in [0.1, 0.15) is 5.82 Å². The van der Waals surface area contributed by atoms with Crippen molar-refractivity contribution in [1.82, 2.24) is 9.97 Å². The topological polar surface area (TPSA) is 68.3 Å². The molecule has 3 aromatic rings. The van der Waals surface area contributed by atoms with Crippen molar-refractivity contribution in [3.63, 3.8) is 0 Å².